The Morgan fingerprint density at radius 3 is 2.58 bits per heavy atom. The van der Waals surface area contributed by atoms with Crippen LogP contribution in [0.25, 0.3) is 0 Å². The Bertz CT molecular complexity index is 853. The fourth-order valence-corrected chi connectivity index (χ4v) is 3.31. The zero-order chi connectivity index (χ0) is 18.8. The van der Waals surface area contributed by atoms with Gasteiger partial charge in [-0.3, -0.25) is 4.79 Å². The number of benzene rings is 2. The number of hydrogen-bond acceptors (Lipinski definition) is 4. The van der Waals surface area contributed by atoms with Crippen molar-refractivity contribution < 1.29 is 24.2 Å². The lowest BCUT2D eigenvalue weighted by molar-refractivity contribution is -0.139. The van der Waals surface area contributed by atoms with Crippen molar-refractivity contribution in [3.8, 4) is 11.5 Å². The summed E-state index contributed by atoms with van der Waals surface area (Å²) in [6.07, 6.45) is 0.494. The average Bonchev–Trinajstić information content (AvgIpc) is 2.57. The number of carbonyl (C=O) groups excluding carboxylic acids is 1. The van der Waals surface area contributed by atoms with Gasteiger partial charge in [0.25, 0.3) is 0 Å². The molecule has 1 unspecified atom stereocenters. The molecule has 2 aromatic rings. The van der Waals surface area contributed by atoms with Crippen molar-refractivity contribution in [2.75, 3.05) is 0 Å². The third-order valence-electron chi connectivity index (χ3n) is 4.60. The van der Waals surface area contributed by atoms with E-state index in [0.717, 1.165) is 5.56 Å². The van der Waals surface area contributed by atoms with E-state index in [1.165, 1.54) is 0 Å². The predicted octanol–water partition coefficient (Wildman–Crippen LogP) is 4.67. The number of para-hydroxylation sites is 1. The Morgan fingerprint density at radius 2 is 1.88 bits per heavy atom. The lowest BCUT2D eigenvalue weighted by atomic mass is 9.86. The van der Waals surface area contributed by atoms with Crippen LogP contribution in [0, 0.1) is 12.8 Å². The first-order chi connectivity index (χ1) is 12.4. The van der Waals surface area contributed by atoms with Gasteiger partial charge in [-0.15, -0.1) is 0 Å². The number of fused-ring (bicyclic) bond motifs is 2. The molecule has 1 N–H and O–H groups in total. The third-order valence-corrected chi connectivity index (χ3v) is 4.60. The molecule has 2 aromatic carbocycles. The van der Waals surface area contributed by atoms with Gasteiger partial charge in [-0.1, -0.05) is 38.1 Å². The average molecular weight is 354 g/mol. The smallest absolute Gasteiger partial charge is 0.342 e. The van der Waals surface area contributed by atoms with Crippen LogP contribution in [0.5, 0.6) is 11.5 Å². The van der Waals surface area contributed by atoms with E-state index in [2.05, 4.69) is 0 Å². The van der Waals surface area contributed by atoms with Crippen LogP contribution in [0.15, 0.2) is 36.4 Å². The Morgan fingerprint density at radius 1 is 1.15 bits per heavy atom. The van der Waals surface area contributed by atoms with Crippen molar-refractivity contribution in [3.05, 3.63) is 58.7 Å². The Kier molecular flexibility index (Phi) is 4.98. The van der Waals surface area contributed by atoms with Crippen LogP contribution >= 0.6 is 0 Å². The molecule has 0 aliphatic carbocycles. The van der Waals surface area contributed by atoms with E-state index >= 15 is 0 Å². The van der Waals surface area contributed by atoms with Crippen molar-refractivity contribution in [2.24, 2.45) is 5.92 Å². The van der Waals surface area contributed by atoms with E-state index in [0.29, 0.717) is 34.6 Å². The first-order valence-corrected chi connectivity index (χ1v) is 8.67. The summed E-state index contributed by atoms with van der Waals surface area (Å²) in [7, 11) is 0. The van der Waals surface area contributed by atoms with E-state index in [1.54, 1.807) is 19.1 Å². The van der Waals surface area contributed by atoms with Gasteiger partial charge in [0.15, 0.2) is 0 Å². The van der Waals surface area contributed by atoms with Gasteiger partial charge in [-0.2, -0.15) is 0 Å². The van der Waals surface area contributed by atoms with Crippen LogP contribution in [0.4, 0.5) is 0 Å². The topological polar surface area (TPSA) is 72.8 Å². The van der Waals surface area contributed by atoms with E-state index in [4.69, 9.17) is 9.47 Å². The first kappa shape index (κ1) is 18.0. The van der Waals surface area contributed by atoms with Gasteiger partial charge in [0, 0.05) is 5.56 Å². The van der Waals surface area contributed by atoms with Crippen LogP contribution in [-0.2, 0) is 16.1 Å². The van der Waals surface area contributed by atoms with E-state index in [1.807, 2.05) is 38.1 Å². The summed E-state index contributed by atoms with van der Waals surface area (Å²) in [5.41, 5.74) is 2.31. The van der Waals surface area contributed by atoms with Crippen LogP contribution < -0.4 is 4.74 Å². The minimum absolute atomic E-state index is 0.118. The number of cyclic esters (lactones) is 1. The summed E-state index contributed by atoms with van der Waals surface area (Å²) in [5.74, 6) is -0.837. The summed E-state index contributed by atoms with van der Waals surface area (Å²) in [5, 5.41) is 9.65. The lowest BCUT2D eigenvalue weighted by Gasteiger charge is -2.23. The number of hydrogen-bond donors (Lipinski definition) is 1. The van der Waals surface area contributed by atoms with Gasteiger partial charge >= 0.3 is 11.9 Å². The maximum Gasteiger partial charge on any atom is 0.342 e. The Hall–Kier alpha value is -2.82. The maximum atomic E-state index is 12.6. The highest BCUT2D eigenvalue weighted by atomic mass is 16.5. The fraction of sp³-hybridized carbons (Fsp3) is 0.333. The Labute approximate surface area is 152 Å². The van der Waals surface area contributed by atoms with Crippen LogP contribution in [0.3, 0.4) is 0 Å². The summed E-state index contributed by atoms with van der Waals surface area (Å²) in [4.78, 5) is 24.4. The monoisotopic (exact) mass is 354 g/mol. The molecule has 3 rings (SSSR count). The molecule has 0 amide bonds. The van der Waals surface area contributed by atoms with E-state index in [-0.39, 0.29) is 12.5 Å². The minimum atomic E-state index is -0.896. The van der Waals surface area contributed by atoms with Crippen molar-refractivity contribution in [1.82, 2.24) is 0 Å². The molecule has 5 heteroatoms. The van der Waals surface area contributed by atoms with Crippen molar-refractivity contribution in [2.45, 2.75) is 39.7 Å². The number of esters is 1. The number of carboxylic acids is 1. The second kappa shape index (κ2) is 7.20. The van der Waals surface area contributed by atoms with Crippen molar-refractivity contribution in [1.29, 1.82) is 0 Å². The first-order valence-electron chi connectivity index (χ1n) is 8.67. The molecule has 5 nitrogen and oxygen atoms in total. The molecule has 136 valence electrons. The maximum absolute atomic E-state index is 12.6. The van der Waals surface area contributed by atoms with Crippen LogP contribution in [0.2, 0.25) is 0 Å². The molecule has 1 aliphatic heterocycles. The van der Waals surface area contributed by atoms with Crippen molar-refractivity contribution >= 4 is 11.9 Å². The third kappa shape index (κ3) is 3.43. The minimum Gasteiger partial charge on any atom is -0.481 e. The van der Waals surface area contributed by atoms with Crippen LogP contribution in [0.1, 0.15) is 53.2 Å². The summed E-state index contributed by atoms with van der Waals surface area (Å²) in [6, 6.07) is 10.8. The lowest BCUT2D eigenvalue weighted by Crippen LogP contribution is -2.18. The zero-order valence-electron chi connectivity index (χ0n) is 15.1. The number of rotatable bonds is 4. The fourth-order valence-electron chi connectivity index (χ4n) is 3.31. The standard InChI is InChI=1S/C21H22O5/c1-12(2)10-16(20(22)23)15-8-9-18-19(13(15)3)21(24)25-11-14-6-4-5-7-17(14)26-18/h4-9,12,16H,10-11H2,1-3H3,(H,22,23). The molecule has 0 fully saturated rings. The normalized spacial score (nSPS) is 14.4. The van der Waals surface area contributed by atoms with Crippen molar-refractivity contribution in [3.63, 3.8) is 0 Å². The SMILES string of the molecule is Cc1c(C(CC(C)C)C(=O)O)ccc2c1C(=O)OCc1ccccc1O2. The van der Waals surface area contributed by atoms with E-state index < -0.39 is 17.9 Å². The summed E-state index contributed by atoms with van der Waals surface area (Å²) >= 11 is 0. The van der Waals surface area contributed by atoms with Gasteiger partial charge in [-0.25, -0.2) is 4.79 Å². The number of carboxylic acid groups (broad SMARTS) is 1. The number of carbonyl (C=O) groups is 2. The van der Waals surface area contributed by atoms with Crippen LogP contribution in [-0.4, -0.2) is 17.0 Å². The quantitative estimate of drug-likeness (QED) is 0.808. The molecule has 0 saturated heterocycles. The molecular formula is C21H22O5. The molecule has 0 saturated carbocycles. The highest BCUT2D eigenvalue weighted by Crippen LogP contribution is 2.37. The van der Waals surface area contributed by atoms with E-state index in [9.17, 15) is 14.7 Å². The van der Waals surface area contributed by atoms with Gasteiger partial charge in [0.1, 0.15) is 23.7 Å². The highest BCUT2D eigenvalue weighted by molar-refractivity contribution is 5.95. The Balaban J connectivity index is 2.10. The second-order valence-corrected chi connectivity index (χ2v) is 6.96. The molecule has 0 bridgehead atoms. The molecular weight excluding hydrogens is 332 g/mol. The molecule has 1 aliphatic rings. The molecule has 1 heterocycles. The molecule has 0 radical (unpaired) electrons. The number of aliphatic carboxylic acids is 1. The van der Waals surface area contributed by atoms with Gasteiger partial charge < -0.3 is 14.6 Å². The van der Waals surface area contributed by atoms with Gasteiger partial charge in [0.2, 0.25) is 0 Å². The molecule has 1 atom stereocenters. The number of ether oxygens (including phenoxy) is 2. The molecule has 0 aromatic heterocycles. The second-order valence-electron chi connectivity index (χ2n) is 6.96. The predicted molar refractivity (Wildman–Crippen MR) is 96.6 cm³/mol. The summed E-state index contributed by atoms with van der Waals surface area (Å²) in [6.45, 7) is 5.83. The highest BCUT2D eigenvalue weighted by Gasteiger charge is 2.29. The zero-order valence-corrected chi connectivity index (χ0v) is 15.1. The summed E-state index contributed by atoms with van der Waals surface area (Å²) < 4.78 is 11.4. The molecule has 0 spiro atoms. The largest absolute Gasteiger partial charge is 0.481 e. The van der Waals surface area contributed by atoms with Gasteiger partial charge in [0.05, 0.1) is 5.92 Å². The van der Waals surface area contributed by atoms with Gasteiger partial charge in [-0.05, 0) is 42.5 Å². The molecule has 26 heavy (non-hydrogen) atoms.